The Bertz CT molecular complexity index is 766. The zero-order chi connectivity index (χ0) is 20.8. The normalized spacial score (nSPS) is 23.5. The van der Waals surface area contributed by atoms with E-state index in [4.69, 9.17) is 14.7 Å². The fourth-order valence-electron chi connectivity index (χ4n) is 4.25. The minimum Gasteiger partial charge on any atom is -0.480 e. The van der Waals surface area contributed by atoms with E-state index in [0.717, 1.165) is 81.9 Å². The number of piperidine rings is 1. The SMILES string of the molecule is O=C(O)CN1CCC(CC2CC(c3ccc(C=NN4CCOCC4)cc3)=NO2)CC1. The lowest BCUT2D eigenvalue weighted by Crippen LogP contribution is -2.38. The van der Waals surface area contributed by atoms with Crippen molar-refractivity contribution >= 4 is 17.9 Å². The maximum Gasteiger partial charge on any atom is 0.317 e. The summed E-state index contributed by atoms with van der Waals surface area (Å²) >= 11 is 0. The minimum atomic E-state index is -0.746. The number of carboxylic acid groups (broad SMARTS) is 1. The largest absolute Gasteiger partial charge is 0.480 e. The van der Waals surface area contributed by atoms with Gasteiger partial charge in [-0.1, -0.05) is 29.4 Å². The number of carboxylic acids is 1. The summed E-state index contributed by atoms with van der Waals surface area (Å²) in [5.74, 6) is -0.169. The van der Waals surface area contributed by atoms with Gasteiger partial charge in [-0.2, -0.15) is 5.10 Å². The molecule has 1 unspecified atom stereocenters. The molecule has 0 spiro atoms. The molecule has 8 heteroatoms. The second-order valence-electron chi connectivity index (χ2n) is 8.25. The van der Waals surface area contributed by atoms with Gasteiger partial charge in [-0.15, -0.1) is 0 Å². The number of ether oxygens (including phenoxy) is 1. The van der Waals surface area contributed by atoms with Gasteiger partial charge in [0.05, 0.1) is 44.8 Å². The fraction of sp³-hybridized carbons (Fsp3) is 0.591. The van der Waals surface area contributed by atoms with Crippen LogP contribution >= 0.6 is 0 Å². The van der Waals surface area contributed by atoms with Crippen LogP contribution in [0.1, 0.15) is 36.8 Å². The third-order valence-corrected chi connectivity index (χ3v) is 6.00. The van der Waals surface area contributed by atoms with Crippen molar-refractivity contribution in [2.75, 3.05) is 45.9 Å². The summed E-state index contributed by atoms with van der Waals surface area (Å²) in [4.78, 5) is 18.6. The molecule has 0 radical (unpaired) electrons. The van der Waals surface area contributed by atoms with Crippen LogP contribution in [0.3, 0.4) is 0 Å². The maximum atomic E-state index is 10.8. The number of morpholine rings is 1. The molecule has 162 valence electrons. The van der Waals surface area contributed by atoms with Gasteiger partial charge >= 0.3 is 5.97 Å². The molecule has 4 rings (SSSR count). The number of carbonyl (C=O) groups is 1. The Hall–Kier alpha value is -2.45. The number of hydrogen-bond donors (Lipinski definition) is 1. The quantitative estimate of drug-likeness (QED) is 0.687. The minimum absolute atomic E-state index is 0.124. The molecule has 0 amide bonds. The highest BCUT2D eigenvalue weighted by Crippen LogP contribution is 2.27. The van der Waals surface area contributed by atoms with E-state index in [1.807, 2.05) is 16.1 Å². The molecular formula is C22H30N4O4. The number of aliphatic carboxylic acids is 1. The van der Waals surface area contributed by atoms with E-state index in [0.29, 0.717) is 5.92 Å². The first-order valence-electron chi connectivity index (χ1n) is 10.8. The first kappa shape index (κ1) is 20.8. The number of benzene rings is 1. The van der Waals surface area contributed by atoms with Gasteiger partial charge in [0.1, 0.15) is 6.10 Å². The predicted octanol–water partition coefficient (Wildman–Crippen LogP) is 2.03. The Morgan fingerprint density at radius 3 is 2.60 bits per heavy atom. The van der Waals surface area contributed by atoms with E-state index < -0.39 is 5.97 Å². The summed E-state index contributed by atoms with van der Waals surface area (Å²) in [6, 6.07) is 8.28. The maximum absolute atomic E-state index is 10.8. The van der Waals surface area contributed by atoms with Crippen LogP contribution in [0, 0.1) is 5.92 Å². The molecule has 3 aliphatic rings. The van der Waals surface area contributed by atoms with Gasteiger partial charge in [0.2, 0.25) is 0 Å². The van der Waals surface area contributed by atoms with Crippen molar-refractivity contribution in [1.82, 2.24) is 9.91 Å². The highest BCUT2D eigenvalue weighted by molar-refractivity contribution is 6.01. The van der Waals surface area contributed by atoms with Crippen LogP contribution in [0.15, 0.2) is 34.5 Å². The third kappa shape index (κ3) is 5.79. The van der Waals surface area contributed by atoms with Crippen LogP contribution < -0.4 is 0 Å². The number of rotatable bonds is 7. The van der Waals surface area contributed by atoms with Crippen molar-refractivity contribution in [3.63, 3.8) is 0 Å². The van der Waals surface area contributed by atoms with E-state index in [1.54, 1.807) is 0 Å². The second kappa shape index (κ2) is 10.0. The third-order valence-electron chi connectivity index (χ3n) is 6.00. The smallest absolute Gasteiger partial charge is 0.317 e. The molecule has 0 aliphatic carbocycles. The molecule has 0 bridgehead atoms. The lowest BCUT2D eigenvalue weighted by Gasteiger charge is -2.31. The van der Waals surface area contributed by atoms with Gasteiger partial charge < -0.3 is 14.7 Å². The van der Waals surface area contributed by atoms with Crippen molar-refractivity contribution in [3.8, 4) is 0 Å². The first-order chi connectivity index (χ1) is 14.7. The summed E-state index contributed by atoms with van der Waals surface area (Å²) in [6.45, 7) is 4.99. The van der Waals surface area contributed by atoms with Gasteiger partial charge in [-0.05, 0) is 49.4 Å². The van der Waals surface area contributed by atoms with Gasteiger partial charge in [0.15, 0.2) is 0 Å². The van der Waals surface area contributed by atoms with Crippen molar-refractivity contribution in [3.05, 3.63) is 35.4 Å². The summed E-state index contributed by atoms with van der Waals surface area (Å²) in [7, 11) is 0. The predicted molar refractivity (Wildman–Crippen MR) is 114 cm³/mol. The zero-order valence-electron chi connectivity index (χ0n) is 17.3. The molecule has 3 heterocycles. The summed E-state index contributed by atoms with van der Waals surface area (Å²) in [5, 5.41) is 19.8. The Kier molecular flexibility index (Phi) is 6.96. The highest BCUT2D eigenvalue weighted by atomic mass is 16.6. The first-order valence-corrected chi connectivity index (χ1v) is 10.8. The van der Waals surface area contributed by atoms with Crippen molar-refractivity contribution in [2.24, 2.45) is 16.2 Å². The molecule has 0 aromatic heterocycles. The van der Waals surface area contributed by atoms with Crippen LogP contribution in [0.5, 0.6) is 0 Å². The summed E-state index contributed by atoms with van der Waals surface area (Å²) in [6.07, 6.45) is 5.88. The molecule has 2 saturated heterocycles. The van der Waals surface area contributed by atoms with Crippen LogP contribution in [0.4, 0.5) is 0 Å². The van der Waals surface area contributed by atoms with Crippen LogP contribution in [0.25, 0.3) is 0 Å². The Morgan fingerprint density at radius 2 is 1.90 bits per heavy atom. The molecule has 1 N–H and O–H groups in total. The van der Waals surface area contributed by atoms with Crippen LogP contribution in [0.2, 0.25) is 0 Å². The molecule has 0 saturated carbocycles. The molecule has 3 aliphatic heterocycles. The number of hydrogen-bond acceptors (Lipinski definition) is 7. The lowest BCUT2D eigenvalue weighted by atomic mass is 9.89. The topological polar surface area (TPSA) is 87.0 Å². The van der Waals surface area contributed by atoms with E-state index in [-0.39, 0.29) is 12.6 Å². The molecule has 1 aromatic carbocycles. The number of hydrazone groups is 1. The average molecular weight is 415 g/mol. The van der Waals surface area contributed by atoms with Crippen molar-refractivity contribution < 1.29 is 19.5 Å². The van der Waals surface area contributed by atoms with Gasteiger partial charge in [0.25, 0.3) is 0 Å². The highest BCUT2D eigenvalue weighted by Gasteiger charge is 2.28. The second-order valence-corrected chi connectivity index (χ2v) is 8.25. The Labute approximate surface area is 177 Å². The van der Waals surface area contributed by atoms with Crippen LogP contribution in [-0.2, 0) is 14.4 Å². The Balaban J connectivity index is 1.22. The molecule has 2 fully saturated rings. The molecular weight excluding hydrogens is 384 g/mol. The average Bonchev–Trinajstić information content (AvgIpc) is 3.23. The van der Waals surface area contributed by atoms with Crippen molar-refractivity contribution in [2.45, 2.75) is 31.8 Å². The monoisotopic (exact) mass is 414 g/mol. The zero-order valence-corrected chi connectivity index (χ0v) is 17.3. The van der Waals surface area contributed by atoms with Crippen molar-refractivity contribution in [1.29, 1.82) is 0 Å². The van der Waals surface area contributed by atoms with E-state index in [9.17, 15) is 4.79 Å². The molecule has 8 nitrogen and oxygen atoms in total. The van der Waals surface area contributed by atoms with Gasteiger partial charge in [0, 0.05) is 6.42 Å². The number of likely N-dealkylation sites (tertiary alicyclic amines) is 1. The number of nitrogens with zero attached hydrogens (tertiary/aromatic N) is 4. The molecule has 30 heavy (non-hydrogen) atoms. The van der Waals surface area contributed by atoms with Crippen LogP contribution in [-0.4, -0.2) is 85.0 Å². The molecule has 1 atom stereocenters. The fourth-order valence-corrected chi connectivity index (χ4v) is 4.25. The standard InChI is InChI=1S/C22H30N4O4/c27-22(28)16-25-7-5-17(6-8-25)13-20-14-21(24-30-20)19-3-1-18(2-4-19)15-23-26-9-11-29-12-10-26/h1-4,15,17,20H,5-14,16H2,(H,27,28). The van der Waals surface area contributed by atoms with Gasteiger partial charge in [-0.3, -0.25) is 14.7 Å². The van der Waals surface area contributed by atoms with E-state index in [2.05, 4.69) is 34.5 Å². The summed E-state index contributed by atoms with van der Waals surface area (Å²) in [5.41, 5.74) is 3.16. The van der Waals surface area contributed by atoms with Gasteiger partial charge in [-0.25, -0.2) is 0 Å². The number of oxime groups is 1. The summed E-state index contributed by atoms with van der Waals surface area (Å²) < 4.78 is 5.34. The molecule has 1 aromatic rings. The lowest BCUT2D eigenvalue weighted by molar-refractivity contribution is -0.138. The van der Waals surface area contributed by atoms with E-state index >= 15 is 0 Å². The van der Waals surface area contributed by atoms with E-state index in [1.165, 1.54) is 0 Å². The Morgan fingerprint density at radius 1 is 1.17 bits per heavy atom.